The molecule has 5 nitrogen and oxygen atoms in total. The average molecular weight is 462 g/mol. The number of hydrogen-bond donors (Lipinski definition) is 1. The van der Waals surface area contributed by atoms with Crippen LogP contribution in [0.2, 0.25) is 0 Å². The molecule has 2 aromatic rings. The van der Waals surface area contributed by atoms with Gasteiger partial charge < -0.3 is 5.11 Å². The molecule has 1 aliphatic rings. The van der Waals surface area contributed by atoms with Crippen LogP contribution < -0.4 is 0 Å². The Morgan fingerprint density at radius 1 is 1.10 bits per heavy atom. The van der Waals surface area contributed by atoms with Gasteiger partial charge in [-0.05, 0) is 43.2 Å². The zero-order valence-corrected chi connectivity index (χ0v) is 19.7. The van der Waals surface area contributed by atoms with Gasteiger partial charge in [0, 0.05) is 11.8 Å². The maximum atomic E-state index is 13.5. The Kier molecular flexibility index (Phi) is 8.19. The van der Waals surface area contributed by atoms with E-state index in [1.807, 2.05) is 31.2 Å². The number of aryl methyl sites for hydroxylation is 1. The summed E-state index contributed by atoms with van der Waals surface area (Å²) in [5, 5.41) is 9.80. The van der Waals surface area contributed by atoms with Gasteiger partial charge in [0.05, 0.1) is 16.9 Å². The van der Waals surface area contributed by atoms with Crippen LogP contribution >= 0.6 is 11.8 Å². The first-order chi connectivity index (χ1) is 14.8. The molecule has 168 valence electrons. The van der Waals surface area contributed by atoms with Crippen LogP contribution in [0.5, 0.6) is 0 Å². The lowest BCUT2D eigenvalue weighted by atomic mass is 9.90. The summed E-state index contributed by atoms with van der Waals surface area (Å²) in [7, 11) is -3.83. The largest absolute Gasteiger partial charge is 0.481 e. The number of carbonyl (C=O) groups is 1. The number of rotatable bonds is 9. The number of piperidine rings is 1. The molecule has 2 aromatic carbocycles. The van der Waals surface area contributed by atoms with Crippen molar-refractivity contribution in [3.63, 3.8) is 0 Å². The zero-order chi connectivity index (χ0) is 22.4. The van der Waals surface area contributed by atoms with Crippen molar-refractivity contribution in [2.24, 2.45) is 5.92 Å². The zero-order valence-electron chi connectivity index (χ0n) is 18.1. The Morgan fingerprint density at radius 3 is 2.39 bits per heavy atom. The number of unbranched alkanes of at least 4 members (excludes halogenated alkanes) is 2. The maximum Gasteiger partial charge on any atom is 0.308 e. The molecule has 31 heavy (non-hydrogen) atoms. The molecule has 1 fully saturated rings. The van der Waals surface area contributed by atoms with E-state index in [0.717, 1.165) is 36.1 Å². The Balaban J connectivity index is 1.97. The van der Waals surface area contributed by atoms with E-state index in [9.17, 15) is 18.3 Å². The molecular weight excluding hydrogens is 430 g/mol. The molecular formula is C24H31NO4S2. The highest BCUT2D eigenvalue weighted by atomic mass is 32.2. The van der Waals surface area contributed by atoms with Crippen LogP contribution in [0.4, 0.5) is 0 Å². The van der Waals surface area contributed by atoms with Crippen molar-refractivity contribution < 1.29 is 18.3 Å². The first-order valence-electron chi connectivity index (χ1n) is 10.8. The number of carboxylic acid groups (broad SMARTS) is 1. The number of sulfonamides is 1. The topological polar surface area (TPSA) is 74.7 Å². The third-order valence-corrected chi connectivity index (χ3v) is 9.20. The predicted octanol–water partition coefficient (Wildman–Crippen LogP) is 5.12. The van der Waals surface area contributed by atoms with E-state index in [2.05, 4.69) is 6.92 Å². The van der Waals surface area contributed by atoms with Gasteiger partial charge in [-0.2, -0.15) is 16.1 Å². The molecule has 0 aliphatic carbocycles. The summed E-state index contributed by atoms with van der Waals surface area (Å²) in [5.41, 5.74) is 2.01. The van der Waals surface area contributed by atoms with E-state index >= 15 is 0 Å². The third kappa shape index (κ3) is 5.70. The summed E-state index contributed by atoms with van der Waals surface area (Å²) in [4.78, 5) is 12.3. The van der Waals surface area contributed by atoms with Gasteiger partial charge in [0.2, 0.25) is 10.0 Å². The lowest BCUT2D eigenvalue weighted by molar-refractivity contribution is -0.143. The molecule has 3 atom stereocenters. The molecule has 3 rings (SSSR count). The SMILES string of the molecule is CCCCCS[C@@H]1C[C@@H](c2ccc(C)cc2)N(S(=O)(=O)c2ccccc2)C[C@H]1C(=O)O. The Bertz CT molecular complexity index is 961. The van der Waals surface area contributed by atoms with Gasteiger partial charge >= 0.3 is 5.97 Å². The molecule has 0 bridgehead atoms. The smallest absolute Gasteiger partial charge is 0.308 e. The normalized spacial score (nSPS) is 22.3. The average Bonchev–Trinajstić information content (AvgIpc) is 2.77. The second-order valence-corrected chi connectivity index (χ2v) is 11.3. The van der Waals surface area contributed by atoms with E-state index in [4.69, 9.17) is 0 Å². The van der Waals surface area contributed by atoms with Gasteiger partial charge in [-0.1, -0.05) is 67.8 Å². The summed E-state index contributed by atoms with van der Waals surface area (Å²) >= 11 is 1.68. The fourth-order valence-electron chi connectivity index (χ4n) is 4.03. The first-order valence-corrected chi connectivity index (χ1v) is 13.3. The second-order valence-electron chi connectivity index (χ2n) is 8.11. The summed E-state index contributed by atoms with van der Waals surface area (Å²) < 4.78 is 28.5. The highest BCUT2D eigenvalue weighted by molar-refractivity contribution is 7.99. The van der Waals surface area contributed by atoms with Gasteiger partial charge in [0.1, 0.15) is 0 Å². The van der Waals surface area contributed by atoms with Gasteiger partial charge in [-0.3, -0.25) is 4.79 Å². The van der Waals surface area contributed by atoms with E-state index < -0.39 is 21.9 Å². The van der Waals surface area contributed by atoms with Crippen LogP contribution in [-0.4, -0.2) is 41.3 Å². The number of aliphatic carboxylic acids is 1. The molecule has 1 N–H and O–H groups in total. The van der Waals surface area contributed by atoms with Crippen LogP contribution in [-0.2, 0) is 14.8 Å². The van der Waals surface area contributed by atoms with Gasteiger partial charge in [-0.15, -0.1) is 0 Å². The van der Waals surface area contributed by atoms with Crippen LogP contribution in [0.3, 0.4) is 0 Å². The molecule has 0 aromatic heterocycles. The number of hydrogen-bond acceptors (Lipinski definition) is 4. The fourth-order valence-corrected chi connectivity index (χ4v) is 7.13. The minimum absolute atomic E-state index is 0.0173. The molecule has 1 heterocycles. The van der Waals surface area contributed by atoms with Crippen LogP contribution in [0.25, 0.3) is 0 Å². The van der Waals surface area contributed by atoms with Gasteiger partial charge in [-0.25, -0.2) is 8.42 Å². The lowest BCUT2D eigenvalue weighted by Gasteiger charge is -2.41. The van der Waals surface area contributed by atoms with Crippen molar-refractivity contribution in [1.82, 2.24) is 4.31 Å². The Hall–Kier alpha value is -1.83. The minimum atomic E-state index is -3.83. The van der Waals surface area contributed by atoms with Crippen molar-refractivity contribution in [3.8, 4) is 0 Å². The first kappa shape index (κ1) is 23.8. The Morgan fingerprint density at radius 2 is 1.77 bits per heavy atom. The molecule has 0 unspecified atom stereocenters. The molecule has 7 heteroatoms. The number of benzene rings is 2. The standard InChI is InChI=1S/C24H31NO4S2/c1-3-4-8-15-30-23-16-22(19-13-11-18(2)12-14-19)25(17-21(23)24(26)27)31(28,29)20-9-6-5-7-10-20/h5-7,9-14,21-23H,3-4,8,15-17H2,1-2H3,(H,26,27)/t21-,22+,23-/m1/s1. The van der Waals surface area contributed by atoms with E-state index in [1.54, 1.807) is 42.1 Å². The molecule has 1 saturated heterocycles. The molecule has 0 amide bonds. The van der Waals surface area contributed by atoms with Crippen molar-refractivity contribution in [2.45, 2.75) is 55.7 Å². The van der Waals surface area contributed by atoms with E-state index in [-0.39, 0.29) is 22.7 Å². The Labute approximate surface area is 189 Å². The fraction of sp³-hybridized carbons (Fsp3) is 0.458. The monoisotopic (exact) mass is 461 g/mol. The highest BCUT2D eigenvalue weighted by Gasteiger charge is 2.45. The second kappa shape index (κ2) is 10.7. The molecule has 0 spiro atoms. The number of thioether (sulfide) groups is 1. The van der Waals surface area contributed by atoms with Crippen LogP contribution in [0.15, 0.2) is 59.5 Å². The van der Waals surface area contributed by atoms with Gasteiger partial charge in [0.15, 0.2) is 0 Å². The van der Waals surface area contributed by atoms with Crippen molar-refractivity contribution in [1.29, 1.82) is 0 Å². The summed E-state index contributed by atoms with van der Waals surface area (Å²) in [5.74, 6) is -0.760. The minimum Gasteiger partial charge on any atom is -0.481 e. The van der Waals surface area contributed by atoms with Crippen LogP contribution in [0.1, 0.15) is 49.8 Å². The van der Waals surface area contributed by atoms with Crippen molar-refractivity contribution in [3.05, 3.63) is 65.7 Å². The lowest BCUT2D eigenvalue weighted by Crippen LogP contribution is -2.49. The van der Waals surface area contributed by atoms with Crippen LogP contribution in [0, 0.1) is 12.8 Å². The molecule has 0 saturated carbocycles. The van der Waals surface area contributed by atoms with Crippen molar-refractivity contribution >= 4 is 27.8 Å². The maximum absolute atomic E-state index is 13.5. The molecule has 0 radical (unpaired) electrons. The number of carboxylic acids is 1. The van der Waals surface area contributed by atoms with E-state index in [0.29, 0.717) is 6.42 Å². The summed E-state index contributed by atoms with van der Waals surface area (Å²) in [6, 6.07) is 15.8. The summed E-state index contributed by atoms with van der Waals surface area (Å²) in [6.07, 6.45) is 3.77. The quantitative estimate of drug-likeness (QED) is 0.525. The molecule has 1 aliphatic heterocycles. The third-order valence-electron chi connectivity index (χ3n) is 5.84. The summed E-state index contributed by atoms with van der Waals surface area (Å²) in [6.45, 7) is 4.12. The predicted molar refractivity (Wildman–Crippen MR) is 126 cm³/mol. The number of nitrogens with zero attached hydrogens (tertiary/aromatic N) is 1. The van der Waals surface area contributed by atoms with Gasteiger partial charge in [0.25, 0.3) is 0 Å². The van der Waals surface area contributed by atoms with E-state index in [1.165, 1.54) is 4.31 Å². The van der Waals surface area contributed by atoms with Crippen molar-refractivity contribution in [2.75, 3.05) is 12.3 Å². The highest BCUT2D eigenvalue weighted by Crippen LogP contribution is 2.42.